The molecule has 0 spiro atoms. The number of nitrogens with zero attached hydrogens (tertiary/aromatic N) is 3. The molecule has 4 aromatic rings. The number of nitrogens with one attached hydrogen (secondary N) is 1. The van der Waals surface area contributed by atoms with Crippen LogP contribution in [0.25, 0.3) is 22.5 Å². The van der Waals surface area contributed by atoms with E-state index in [1.165, 1.54) is 0 Å². The van der Waals surface area contributed by atoms with Crippen molar-refractivity contribution in [2.45, 2.75) is 6.42 Å². The van der Waals surface area contributed by atoms with Crippen molar-refractivity contribution in [3.63, 3.8) is 0 Å². The predicted molar refractivity (Wildman–Crippen MR) is 83.6 cm³/mol. The van der Waals surface area contributed by atoms with Gasteiger partial charge in [-0.25, -0.2) is 4.98 Å². The summed E-state index contributed by atoms with van der Waals surface area (Å²) >= 11 is 5.97. The van der Waals surface area contributed by atoms with Gasteiger partial charge in [-0.1, -0.05) is 29.8 Å². The van der Waals surface area contributed by atoms with Gasteiger partial charge in [-0.05, 0) is 30.3 Å². The van der Waals surface area contributed by atoms with Gasteiger partial charge in [-0.2, -0.15) is 0 Å². The van der Waals surface area contributed by atoms with E-state index in [1.54, 1.807) is 0 Å². The molecule has 0 aliphatic rings. The Balaban J connectivity index is 1.61. The number of fused-ring (bicyclic) bond motifs is 1. The number of H-pyrrole nitrogens is 1. The Morgan fingerprint density at radius 3 is 2.77 bits per heavy atom. The number of imidazole rings is 1. The number of rotatable bonds is 3. The molecule has 0 aliphatic heterocycles. The van der Waals surface area contributed by atoms with Gasteiger partial charge in [0.25, 0.3) is 0 Å². The fraction of sp³-hybridized carbons (Fsp3) is 0.0625. The Labute approximate surface area is 131 Å². The van der Waals surface area contributed by atoms with Crippen molar-refractivity contribution in [2.75, 3.05) is 0 Å². The Kier molecular flexibility index (Phi) is 3.12. The number of hydrogen-bond donors (Lipinski definition) is 1. The molecule has 1 N–H and O–H groups in total. The van der Waals surface area contributed by atoms with E-state index in [1.807, 2.05) is 48.5 Å². The summed E-state index contributed by atoms with van der Waals surface area (Å²) in [6.45, 7) is 0. The second-order valence-corrected chi connectivity index (χ2v) is 5.33. The molecular weight excluding hydrogens is 300 g/mol. The molecule has 0 unspecified atom stereocenters. The van der Waals surface area contributed by atoms with Gasteiger partial charge < -0.3 is 9.40 Å². The van der Waals surface area contributed by atoms with Crippen LogP contribution in [-0.2, 0) is 6.42 Å². The summed E-state index contributed by atoms with van der Waals surface area (Å²) in [6, 6.07) is 15.2. The summed E-state index contributed by atoms with van der Waals surface area (Å²) in [5.74, 6) is 1.79. The highest BCUT2D eigenvalue weighted by molar-refractivity contribution is 6.31. The molecule has 0 fully saturated rings. The molecule has 22 heavy (non-hydrogen) atoms. The van der Waals surface area contributed by atoms with Crippen molar-refractivity contribution < 1.29 is 4.42 Å². The van der Waals surface area contributed by atoms with Gasteiger partial charge in [-0.3, -0.25) is 0 Å². The Morgan fingerprint density at radius 2 is 1.91 bits per heavy atom. The zero-order valence-electron chi connectivity index (χ0n) is 11.5. The van der Waals surface area contributed by atoms with E-state index in [4.69, 9.17) is 16.0 Å². The monoisotopic (exact) mass is 310 g/mol. The minimum atomic E-state index is 0.451. The summed E-state index contributed by atoms with van der Waals surface area (Å²) in [5, 5.41) is 8.82. The molecule has 2 heterocycles. The van der Waals surface area contributed by atoms with Crippen LogP contribution in [0.2, 0.25) is 5.02 Å². The van der Waals surface area contributed by atoms with Crippen molar-refractivity contribution in [3.05, 3.63) is 65.3 Å². The van der Waals surface area contributed by atoms with Crippen molar-refractivity contribution >= 4 is 22.6 Å². The van der Waals surface area contributed by atoms with Crippen molar-refractivity contribution in [1.29, 1.82) is 0 Å². The molecule has 0 amide bonds. The van der Waals surface area contributed by atoms with Gasteiger partial charge in [0.2, 0.25) is 11.8 Å². The van der Waals surface area contributed by atoms with Gasteiger partial charge in [0.1, 0.15) is 5.82 Å². The fourth-order valence-corrected chi connectivity index (χ4v) is 2.46. The third-order valence-corrected chi connectivity index (χ3v) is 3.53. The molecule has 4 rings (SSSR count). The van der Waals surface area contributed by atoms with E-state index in [2.05, 4.69) is 20.2 Å². The van der Waals surface area contributed by atoms with Crippen LogP contribution in [0.5, 0.6) is 0 Å². The topological polar surface area (TPSA) is 67.6 Å². The number of benzene rings is 2. The van der Waals surface area contributed by atoms with Gasteiger partial charge >= 0.3 is 0 Å². The molecule has 6 heteroatoms. The molecular formula is C16H11ClN4O. The zero-order valence-corrected chi connectivity index (χ0v) is 12.2. The van der Waals surface area contributed by atoms with E-state index in [0.717, 1.165) is 22.4 Å². The van der Waals surface area contributed by atoms with Gasteiger partial charge in [-0.15, -0.1) is 10.2 Å². The molecule has 0 aliphatic carbocycles. The first-order valence-corrected chi connectivity index (χ1v) is 7.18. The average Bonchev–Trinajstić information content (AvgIpc) is 3.14. The Hall–Kier alpha value is -2.66. The summed E-state index contributed by atoms with van der Waals surface area (Å²) in [7, 11) is 0. The van der Waals surface area contributed by atoms with Crippen LogP contribution in [0.15, 0.2) is 52.9 Å². The SMILES string of the molecule is Clc1ccc2nc(Cc3nnc(-c4ccccc4)o3)[nH]c2c1. The smallest absolute Gasteiger partial charge is 0.247 e. The van der Waals surface area contributed by atoms with E-state index in [-0.39, 0.29) is 0 Å². The Morgan fingerprint density at radius 1 is 1.05 bits per heavy atom. The van der Waals surface area contributed by atoms with Crippen LogP contribution in [-0.4, -0.2) is 20.2 Å². The molecule has 0 atom stereocenters. The highest BCUT2D eigenvalue weighted by Crippen LogP contribution is 2.20. The first kappa shape index (κ1) is 13.0. The first-order chi connectivity index (χ1) is 10.8. The maximum absolute atomic E-state index is 5.97. The van der Waals surface area contributed by atoms with Gasteiger partial charge in [0.05, 0.1) is 17.5 Å². The summed E-state index contributed by atoms with van der Waals surface area (Å²) < 4.78 is 5.69. The van der Waals surface area contributed by atoms with E-state index >= 15 is 0 Å². The average molecular weight is 311 g/mol. The van der Waals surface area contributed by atoms with Crippen molar-refractivity contribution in [3.8, 4) is 11.5 Å². The predicted octanol–water partition coefficient (Wildman–Crippen LogP) is 3.86. The maximum Gasteiger partial charge on any atom is 0.247 e. The lowest BCUT2D eigenvalue weighted by Gasteiger charge is -1.92. The van der Waals surface area contributed by atoms with Gasteiger partial charge in [0.15, 0.2) is 0 Å². The number of aromatic amines is 1. The molecule has 0 saturated carbocycles. The molecule has 108 valence electrons. The Bertz CT molecular complexity index is 930. The molecule has 5 nitrogen and oxygen atoms in total. The minimum absolute atomic E-state index is 0.451. The van der Waals surface area contributed by atoms with E-state index in [0.29, 0.717) is 23.2 Å². The third-order valence-electron chi connectivity index (χ3n) is 3.30. The molecule has 0 bridgehead atoms. The van der Waals surface area contributed by atoms with Crippen LogP contribution >= 0.6 is 11.6 Å². The van der Waals surface area contributed by atoms with E-state index < -0.39 is 0 Å². The maximum atomic E-state index is 5.97. The zero-order chi connectivity index (χ0) is 14.9. The second-order valence-electron chi connectivity index (χ2n) is 4.89. The quantitative estimate of drug-likeness (QED) is 0.624. The minimum Gasteiger partial charge on any atom is -0.420 e. The molecule has 2 aromatic carbocycles. The highest BCUT2D eigenvalue weighted by atomic mass is 35.5. The highest BCUT2D eigenvalue weighted by Gasteiger charge is 2.11. The lowest BCUT2D eigenvalue weighted by Crippen LogP contribution is -1.90. The summed E-state index contributed by atoms with van der Waals surface area (Å²) in [5.41, 5.74) is 2.66. The largest absolute Gasteiger partial charge is 0.420 e. The van der Waals surface area contributed by atoms with Crippen molar-refractivity contribution in [1.82, 2.24) is 20.2 Å². The first-order valence-electron chi connectivity index (χ1n) is 6.80. The van der Waals surface area contributed by atoms with E-state index in [9.17, 15) is 0 Å². The number of hydrogen-bond acceptors (Lipinski definition) is 4. The lowest BCUT2D eigenvalue weighted by molar-refractivity contribution is 0.515. The fourth-order valence-electron chi connectivity index (χ4n) is 2.28. The summed E-state index contributed by atoms with van der Waals surface area (Å²) in [4.78, 5) is 7.70. The molecule has 0 saturated heterocycles. The van der Waals surface area contributed by atoms with Crippen LogP contribution in [0, 0.1) is 0 Å². The van der Waals surface area contributed by atoms with Crippen LogP contribution in [0.3, 0.4) is 0 Å². The number of halogens is 1. The van der Waals surface area contributed by atoms with Crippen molar-refractivity contribution in [2.24, 2.45) is 0 Å². The normalized spacial score (nSPS) is 11.1. The molecule has 0 radical (unpaired) electrons. The standard InChI is InChI=1S/C16H11ClN4O/c17-11-6-7-12-13(8-11)19-14(18-12)9-15-20-21-16(22-15)10-4-2-1-3-5-10/h1-8H,9H2,(H,18,19). The lowest BCUT2D eigenvalue weighted by atomic mass is 10.2. The second kappa shape index (κ2) is 5.27. The van der Waals surface area contributed by atoms with Crippen LogP contribution < -0.4 is 0 Å². The molecule has 2 aromatic heterocycles. The third kappa shape index (κ3) is 2.46. The van der Waals surface area contributed by atoms with Crippen LogP contribution in [0.1, 0.15) is 11.7 Å². The van der Waals surface area contributed by atoms with Gasteiger partial charge in [0, 0.05) is 10.6 Å². The van der Waals surface area contributed by atoms with Crippen LogP contribution in [0.4, 0.5) is 0 Å². The summed E-state index contributed by atoms with van der Waals surface area (Å²) in [6.07, 6.45) is 0.451. The number of aromatic nitrogens is 4.